The molecule has 1 aliphatic heterocycles. The highest BCUT2D eigenvalue weighted by atomic mass is 32.2. The SMILES string of the molecule is NC(Cc1ccc([N+](=O)[O-])cc1)C(=O)SCC(C(=O)N1CCC[C@H]1C(=O)O)C(F)(F)F. The molecular weight excluding hydrogens is 443 g/mol. The lowest BCUT2D eigenvalue weighted by Gasteiger charge is -2.27. The molecule has 0 aliphatic carbocycles. The molecule has 1 saturated heterocycles. The van der Waals surface area contributed by atoms with Gasteiger partial charge in [0.1, 0.15) is 12.0 Å². The molecule has 13 heteroatoms. The van der Waals surface area contributed by atoms with E-state index in [0.717, 1.165) is 0 Å². The number of amides is 1. The number of hydrogen-bond acceptors (Lipinski definition) is 7. The van der Waals surface area contributed by atoms with Gasteiger partial charge < -0.3 is 15.7 Å². The maximum absolute atomic E-state index is 13.4. The van der Waals surface area contributed by atoms with Gasteiger partial charge in [0.25, 0.3) is 5.69 Å². The molecule has 2 rings (SSSR count). The van der Waals surface area contributed by atoms with E-state index in [1.165, 1.54) is 24.3 Å². The lowest BCUT2D eigenvalue weighted by atomic mass is 10.1. The molecule has 1 fully saturated rings. The molecule has 2 unspecified atom stereocenters. The van der Waals surface area contributed by atoms with Crippen molar-refractivity contribution < 1.29 is 37.6 Å². The topological polar surface area (TPSA) is 144 Å². The van der Waals surface area contributed by atoms with Crippen LogP contribution in [-0.4, -0.2) is 62.5 Å². The molecule has 3 N–H and O–H groups in total. The van der Waals surface area contributed by atoms with Crippen LogP contribution in [0.4, 0.5) is 18.9 Å². The van der Waals surface area contributed by atoms with Crippen LogP contribution >= 0.6 is 11.8 Å². The highest BCUT2D eigenvalue weighted by Crippen LogP contribution is 2.33. The molecule has 1 amide bonds. The zero-order chi connectivity index (χ0) is 23.3. The number of nitrogens with zero attached hydrogens (tertiary/aromatic N) is 2. The summed E-state index contributed by atoms with van der Waals surface area (Å²) in [5.74, 6) is -6.20. The first-order valence-electron chi connectivity index (χ1n) is 9.17. The minimum absolute atomic E-state index is 0.0539. The number of halogens is 3. The van der Waals surface area contributed by atoms with E-state index in [4.69, 9.17) is 10.8 Å². The Morgan fingerprint density at radius 3 is 2.42 bits per heavy atom. The first-order valence-corrected chi connectivity index (χ1v) is 10.2. The Hall–Kier alpha value is -2.67. The zero-order valence-electron chi connectivity index (χ0n) is 16.1. The molecule has 0 bridgehead atoms. The summed E-state index contributed by atoms with van der Waals surface area (Å²) >= 11 is 0.256. The number of carboxylic acids is 1. The number of benzene rings is 1. The number of nitrogens with two attached hydrogens (primary N) is 1. The van der Waals surface area contributed by atoms with Gasteiger partial charge in [-0.15, -0.1) is 0 Å². The fourth-order valence-corrected chi connectivity index (χ4v) is 4.12. The molecule has 0 aromatic heterocycles. The molecular formula is C18H20F3N3O6S. The number of carbonyl (C=O) groups excluding carboxylic acids is 2. The van der Waals surface area contributed by atoms with Crippen LogP contribution in [0.2, 0.25) is 0 Å². The number of carbonyl (C=O) groups is 3. The van der Waals surface area contributed by atoms with Crippen molar-refractivity contribution in [1.82, 2.24) is 4.90 Å². The molecule has 1 aromatic rings. The average molecular weight is 463 g/mol. The predicted molar refractivity (Wildman–Crippen MR) is 104 cm³/mol. The lowest BCUT2D eigenvalue weighted by molar-refractivity contribution is -0.384. The summed E-state index contributed by atoms with van der Waals surface area (Å²) in [6, 6.07) is 2.70. The van der Waals surface area contributed by atoms with E-state index < -0.39 is 51.8 Å². The lowest BCUT2D eigenvalue weighted by Crippen LogP contribution is -2.48. The third-order valence-corrected chi connectivity index (χ3v) is 5.90. The number of nitro benzene ring substituents is 1. The molecule has 1 aliphatic rings. The van der Waals surface area contributed by atoms with Crippen LogP contribution in [-0.2, 0) is 20.8 Å². The normalized spacial score (nSPS) is 18.5. The van der Waals surface area contributed by atoms with Crippen LogP contribution in [0.5, 0.6) is 0 Å². The number of non-ortho nitro benzene ring substituents is 1. The van der Waals surface area contributed by atoms with Crippen molar-refractivity contribution in [3.8, 4) is 0 Å². The molecule has 0 saturated carbocycles. The molecule has 0 radical (unpaired) electrons. The van der Waals surface area contributed by atoms with Gasteiger partial charge in [-0.2, -0.15) is 13.2 Å². The van der Waals surface area contributed by atoms with Crippen molar-refractivity contribution in [2.75, 3.05) is 12.3 Å². The van der Waals surface area contributed by atoms with Gasteiger partial charge >= 0.3 is 12.1 Å². The Morgan fingerprint density at radius 2 is 1.90 bits per heavy atom. The first kappa shape index (κ1) is 24.6. The van der Waals surface area contributed by atoms with E-state index in [1.807, 2.05) is 0 Å². The minimum atomic E-state index is -4.96. The third-order valence-electron chi connectivity index (χ3n) is 4.81. The van der Waals surface area contributed by atoms with Crippen molar-refractivity contribution in [2.24, 2.45) is 11.7 Å². The number of likely N-dealkylation sites (tertiary alicyclic amines) is 1. The quantitative estimate of drug-likeness (QED) is 0.440. The molecule has 3 atom stereocenters. The summed E-state index contributed by atoms with van der Waals surface area (Å²) in [7, 11) is 0. The van der Waals surface area contributed by atoms with Crippen molar-refractivity contribution in [1.29, 1.82) is 0 Å². The van der Waals surface area contributed by atoms with Crippen molar-refractivity contribution in [2.45, 2.75) is 37.5 Å². The summed E-state index contributed by atoms with van der Waals surface area (Å²) < 4.78 is 40.3. The highest BCUT2D eigenvalue weighted by molar-refractivity contribution is 8.13. The predicted octanol–water partition coefficient (Wildman–Crippen LogP) is 1.98. The Bertz CT molecular complexity index is 849. The second-order valence-corrected chi connectivity index (χ2v) is 8.01. The smallest absolute Gasteiger partial charge is 0.401 e. The number of carboxylic acid groups (broad SMARTS) is 1. The van der Waals surface area contributed by atoms with E-state index in [2.05, 4.69) is 0 Å². The van der Waals surface area contributed by atoms with Crippen LogP contribution < -0.4 is 5.73 Å². The summed E-state index contributed by atoms with van der Waals surface area (Å²) in [5.41, 5.74) is 6.07. The number of aliphatic carboxylic acids is 1. The second kappa shape index (κ2) is 10.1. The van der Waals surface area contributed by atoms with Crippen LogP contribution in [0.1, 0.15) is 18.4 Å². The van der Waals surface area contributed by atoms with Gasteiger partial charge in [0, 0.05) is 24.4 Å². The van der Waals surface area contributed by atoms with Crippen LogP contribution in [0.3, 0.4) is 0 Å². The van der Waals surface area contributed by atoms with Crippen molar-refractivity contribution >= 4 is 34.4 Å². The average Bonchev–Trinajstić information content (AvgIpc) is 3.17. The van der Waals surface area contributed by atoms with E-state index in [0.29, 0.717) is 10.5 Å². The molecule has 31 heavy (non-hydrogen) atoms. The van der Waals surface area contributed by atoms with Gasteiger partial charge in [-0.3, -0.25) is 19.7 Å². The van der Waals surface area contributed by atoms with Crippen LogP contribution in [0.25, 0.3) is 0 Å². The Balaban J connectivity index is 2.00. The second-order valence-electron chi connectivity index (χ2n) is 6.99. The summed E-state index contributed by atoms with van der Waals surface area (Å²) in [5, 5.41) is 19.0. The standard InChI is InChI=1S/C18H20F3N3O6S/c19-18(20,21)12(15(25)23-7-1-2-14(23)16(26)27)9-31-17(28)13(22)8-10-3-5-11(6-4-10)24(29)30/h3-6,12-14H,1-2,7-9,22H2,(H,26,27)/t12?,13?,14-/m0/s1. The van der Waals surface area contributed by atoms with Gasteiger partial charge in [-0.25, -0.2) is 4.79 Å². The van der Waals surface area contributed by atoms with Crippen molar-refractivity contribution in [3.05, 3.63) is 39.9 Å². The number of rotatable bonds is 8. The van der Waals surface area contributed by atoms with E-state index in [-0.39, 0.29) is 43.3 Å². The molecule has 9 nitrogen and oxygen atoms in total. The molecule has 170 valence electrons. The molecule has 1 aromatic carbocycles. The fraction of sp³-hybridized carbons (Fsp3) is 0.500. The summed E-state index contributed by atoms with van der Waals surface area (Å²) in [4.78, 5) is 46.5. The Labute approximate surface area is 178 Å². The largest absolute Gasteiger partial charge is 0.480 e. The van der Waals surface area contributed by atoms with Gasteiger partial charge in [-0.1, -0.05) is 23.9 Å². The fourth-order valence-electron chi connectivity index (χ4n) is 3.16. The van der Waals surface area contributed by atoms with Crippen LogP contribution in [0, 0.1) is 16.0 Å². The van der Waals surface area contributed by atoms with Crippen molar-refractivity contribution in [3.63, 3.8) is 0 Å². The minimum Gasteiger partial charge on any atom is -0.480 e. The van der Waals surface area contributed by atoms with E-state index >= 15 is 0 Å². The van der Waals surface area contributed by atoms with Gasteiger partial charge in [0.15, 0.2) is 0 Å². The van der Waals surface area contributed by atoms with Crippen LogP contribution in [0.15, 0.2) is 24.3 Å². The monoisotopic (exact) mass is 463 g/mol. The number of thioether (sulfide) groups is 1. The maximum Gasteiger partial charge on any atom is 0.401 e. The van der Waals surface area contributed by atoms with E-state index in [1.54, 1.807) is 0 Å². The molecule has 1 heterocycles. The van der Waals surface area contributed by atoms with E-state index in [9.17, 15) is 37.7 Å². The maximum atomic E-state index is 13.4. The Morgan fingerprint density at radius 1 is 1.29 bits per heavy atom. The van der Waals surface area contributed by atoms with Gasteiger partial charge in [-0.05, 0) is 24.8 Å². The molecule has 0 spiro atoms. The number of nitro groups is 1. The van der Waals surface area contributed by atoms with Gasteiger partial charge in [0.2, 0.25) is 11.0 Å². The third kappa shape index (κ3) is 6.40. The zero-order valence-corrected chi connectivity index (χ0v) is 16.9. The highest BCUT2D eigenvalue weighted by Gasteiger charge is 2.49. The summed E-state index contributed by atoms with van der Waals surface area (Å²) in [6.07, 6.45) is -4.67. The number of alkyl halides is 3. The number of hydrogen-bond donors (Lipinski definition) is 2. The van der Waals surface area contributed by atoms with Gasteiger partial charge in [0.05, 0.1) is 11.0 Å². The summed E-state index contributed by atoms with van der Waals surface area (Å²) in [6.45, 7) is -0.0966. The Kier molecular flexibility index (Phi) is 8.01. The first-order chi connectivity index (χ1) is 14.4.